The topological polar surface area (TPSA) is 92.7 Å². The summed E-state index contributed by atoms with van der Waals surface area (Å²) in [5.41, 5.74) is 2.59. The Bertz CT molecular complexity index is 1090. The van der Waals surface area contributed by atoms with Crippen LogP contribution in [0, 0.1) is 0 Å². The Balaban J connectivity index is 1.29. The molecule has 2 atom stereocenters. The number of carbonyl (C=O) groups is 1. The van der Waals surface area contributed by atoms with E-state index in [4.69, 9.17) is 19.4 Å². The van der Waals surface area contributed by atoms with Crippen molar-refractivity contribution in [2.75, 3.05) is 44.8 Å². The summed E-state index contributed by atoms with van der Waals surface area (Å²) >= 11 is 0. The van der Waals surface area contributed by atoms with Crippen LogP contribution in [0.5, 0.6) is 5.75 Å². The standard InChI is InChI=1S/C26H36N6O3/c1-26(2,3)30-23(33)15-31(4)25-20-6-5-7-21(20)28-24(29-25)22-13-18(8-9-27-22)34-11-10-32-14-19-12-17(32)16-35-19/h8-9,13,17,19H,5-7,10-12,14-16H2,1-4H3,(H,30,33)/t17?,19-/m1/s1. The van der Waals surface area contributed by atoms with Crippen molar-refractivity contribution >= 4 is 11.7 Å². The lowest BCUT2D eigenvalue weighted by Crippen LogP contribution is -2.45. The summed E-state index contributed by atoms with van der Waals surface area (Å²) in [6.07, 6.45) is 6.17. The fourth-order valence-corrected chi connectivity index (χ4v) is 5.25. The minimum atomic E-state index is -0.275. The highest BCUT2D eigenvalue weighted by atomic mass is 16.5. The molecule has 9 nitrogen and oxygen atoms in total. The second kappa shape index (κ2) is 9.70. The van der Waals surface area contributed by atoms with Crippen LogP contribution in [-0.2, 0) is 22.4 Å². The second-order valence-corrected chi connectivity index (χ2v) is 10.9. The molecule has 1 amide bonds. The Labute approximate surface area is 207 Å². The zero-order valence-corrected chi connectivity index (χ0v) is 21.2. The van der Waals surface area contributed by atoms with Gasteiger partial charge >= 0.3 is 0 Å². The van der Waals surface area contributed by atoms with E-state index >= 15 is 0 Å². The largest absolute Gasteiger partial charge is 0.492 e. The maximum absolute atomic E-state index is 12.5. The van der Waals surface area contributed by atoms with Crippen LogP contribution in [0.25, 0.3) is 11.5 Å². The van der Waals surface area contributed by atoms with Crippen LogP contribution in [0.3, 0.4) is 0 Å². The van der Waals surface area contributed by atoms with Crippen molar-refractivity contribution < 1.29 is 14.3 Å². The first-order chi connectivity index (χ1) is 16.7. The lowest BCUT2D eigenvalue weighted by molar-refractivity contribution is -0.121. The lowest BCUT2D eigenvalue weighted by atomic mass is 10.1. The number of morpholine rings is 1. The van der Waals surface area contributed by atoms with Gasteiger partial charge in [0.25, 0.3) is 0 Å². The van der Waals surface area contributed by atoms with E-state index in [1.807, 2.05) is 44.9 Å². The number of hydrogen-bond acceptors (Lipinski definition) is 8. The number of hydrogen-bond donors (Lipinski definition) is 1. The molecule has 188 valence electrons. The molecule has 4 heterocycles. The molecule has 2 aromatic rings. The van der Waals surface area contributed by atoms with Gasteiger partial charge in [0, 0.05) is 55.2 Å². The summed E-state index contributed by atoms with van der Waals surface area (Å²) in [5.74, 6) is 2.12. The quantitative estimate of drug-likeness (QED) is 0.615. The number of ether oxygens (including phenoxy) is 2. The summed E-state index contributed by atoms with van der Waals surface area (Å²) in [7, 11) is 1.91. The van der Waals surface area contributed by atoms with Crippen LogP contribution in [0.15, 0.2) is 18.3 Å². The number of aromatic nitrogens is 3. The maximum atomic E-state index is 12.5. The van der Waals surface area contributed by atoms with Crippen molar-refractivity contribution in [2.45, 2.75) is 64.1 Å². The minimum Gasteiger partial charge on any atom is -0.492 e. The fraction of sp³-hybridized carbons (Fsp3) is 0.615. The average molecular weight is 481 g/mol. The normalized spacial score (nSPS) is 21.3. The molecule has 3 aliphatic rings. The van der Waals surface area contributed by atoms with E-state index in [-0.39, 0.29) is 18.0 Å². The Morgan fingerprint density at radius 2 is 2.17 bits per heavy atom. The van der Waals surface area contributed by atoms with Gasteiger partial charge in [-0.2, -0.15) is 0 Å². The van der Waals surface area contributed by atoms with Gasteiger partial charge in [-0.15, -0.1) is 0 Å². The smallest absolute Gasteiger partial charge is 0.239 e. The fourth-order valence-electron chi connectivity index (χ4n) is 5.25. The van der Waals surface area contributed by atoms with Crippen LogP contribution < -0.4 is 15.0 Å². The molecular weight excluding hydrogens is 444 g/mol. The summed E-state index contributed by atoms with van der Waals surface area (Å²) in [6, 6.07) is 4.32. The predicted octanol–water partition coefficient (Wildman–Crippen LogP) is 2.23. The van der Waals surface area contributed by atoms with Gasteiger partial charge in [-0.3, -0.25) is 14.7 Å². The van der Waals surface area contributed by atoms with Crippen molar-refractivity contribution in [3.8, 4) is 17.3 Å². The van der Waals surface area contributed by atoms with E-state index in [0.717, 1.165) is 68.2 Å². The number of anilines is 1. The highest BCUT2D eigenvalue weighted by Gasteiger charge is 2.38. The maximum Gasteiger partial charge on any atom is 0.239 e. The zero-order valence-electron chi connectivity index (χ0n) is 21.2. The number of nitrogens with one attached hydrogen (secondary N) is 1. The van der Waals surface area contributed by atoms with Crippen molar-refractivity contribution in [2.24, 2.45) is 0 Å². The highest BCUT2D eigenvalue weighted by molar-refractivity contribution is 5.82. The molecule has 2 bridgehead atoms. The van der Waals surface area contributed by atoms with Gasteiger partial charge in [-0.05, 0) is 52.5 Å². The molecule has 5 rings (SSSR count). The number of nitrogens with zero attached hydrogens (tertiary/aromatic N) is 5. The molecule has 9 heteroatoms. The van der Waals surface area contributed by atoms with Gasteiger partial charge < -0.3 is 19.7 Å². The third kappa shape index (κ3) is 5.56. The van der Waals surface area contributed by atoms with E-state index < -0.39 is 0 Å². The van der Waals surface area contributed by atoms with Crippen LogP contribution in [0.4, 0.5) is 5.82 Å². The van der Waals surface area contributed by atoms with Crippen LogP contribution in [0.1, 0.15) is 44.9 Å². The Hall–Kier alpha value is -2.78. The molecule has 0 radical (unpaired) electrons. The summed E-state index contributed by atoms with van der Waals surface area (Å²) in [6.45, 7) is 9.54. The minimum absolute atomic E-state index is 0.0294. The summed E-state index contributed by atoms with van der Waals surface area (Å²) in [4.78, 5) is 31.2. The summed E-state index contributed by atoms with van der Waals surface area (Å²) < 4.78 is 11.7. The van der Waals surface area contributed by atoms with Crippen molar-refractivity contribution in [1.29, 1.82) is 0 Å². The molecule has 0 spiro atoms. The molecule has 1 aliphatic carbocycles. The number of likely N-dealkylation sites (tertiary alicyclic amines) is 1. The number of amides is 1. The molecule has 1 unspecified atom stereocenters. The van der Waals surface area contributed by atoms with Gasteiger partial charge in [0.1, 0.15) is 23.9 Å². The molecule has 2 fully saturated rings. The van der Waals surface area contributed by atoms with Gasteiger partial charge in [0.05, 0.1) is 19.3 Å². The molecule has 2 aromatic heterocycles. The highest BCUT2D eigenvalue weighted by Crippen LogP contribution is 2.31. The number of likely N-dealkylation sites (N-methyl/N-ethyl adjacent to an activating group) is 1. The van der Waals surface area contributed by atoms with Crippen LogP contribution in [-0.4, -0.2) is 83.3 Å². The van der Waals surface area contributed by atoms with E-state index in [1.165, 1.54) is 0 Å². The molecule has 2 saturated heterocycles. The van der Waals surface area contributed by atoms with Gasteiger partial charge in [-0.25, -0.2) is 9.97 Å². The molecule has 35 heavy (non-hydrogen) atoms. The second-order valence-electron chi connectivity index (χ2n) is 10.9. The number of carbonyl (C=O) groups excluding carboxylic acids is 1. The predicted molar refractivity (Wildman–Crippen MR) is 134 cm³/mol. The number of fused-ring (bicyclic) bond motifs is 3. The number of pyridine rings is 1. The number of rotatable bonds is 8. The molecule has 1 N–H and O–H groups in total. The molecule has 0 saturated carbocycles. The first-order valence-electron chi connectivity index (χ1n) is 12.6. The third-order valence-corrected chi connectivity index (χ3v) is 6.79. The molecular formula is C26H36N6O3. The Kier molecular flexibility index (Phi) is 6.63. The van der Waals surface area contributed by atoms with E-state index in [9.17, 15) is 4.79 Å². The van der Waals surface area contributed by atoms with E-state index in [2.05, 4.69) is 15.2 Å². The first-order valence-corrected chi connectivity index (χ1v) is 12.6. The molecule has 2 aliphatic heterocycles. The zero-order chi connectivity index (χ0) is 24.6. The Morgan fingerprint density at radius 3 is 2.91 bits per heavy atom. The van der Waals surface area contributed by atoms with Crippen LogP contribution in [0.2, 0.25) is 0 Å². The third-order valence-electron chi connectivity index (χ3n) is 6.79. The van der Waals surface area contributed by atoms with Gasteiger partial charge in [0.2, 0.25) is 5.91 Å². The summed E-state index contributed by atoms with van der Waals surface area (Å²) in [5, 5.41) is 3.03. The van der Waals surface area contributed by atoms with Crippen molar-refractivity contribution in [1.82, 2.24) is 25.2 Å². The van der Waals surface area contributed by atoms with Gasteiger partial charge in [-0.1, -0.05) is 0 Å². The average Bonchev–Trinajstić information content (AvgIpc) is 3.54. The van der Waals surface area contributed by atoms with Crippen molar-refractivity contribution in [3.63, 3.8) is 0 Å². The van der Waals surface area contributed by atoms with E-state index in [1.54, 1.807) is 6.20 Å². The first kappa shape index (κ1) is 23.9. The molecule has 0 aromatic carbocycles. The van der Waals surface area contributed by atoms with Crippen molar-refractivity contribution in [3.05, 3.63) is 29.6 Å². The van der Waals surface area contributed by atoms with Gasteiger partial charge in [0.15, 0.2) is 5.82 Å². The van der Waals surface area contributed by atoms with E-state index in [0.29, 0.717) is 30.3 Å². The van der Waals surface area contributed by atoms with Crippen LogP contribution >= 0.6 is 0 Å². The number of aryl methyl sites for hydroxylation is 1. The lowest BCUT2D eigenvalue weighted by Gasteiger charge is -2.26. The monoisotopic (exact) mass is 480 g/mol. The SMILES string of the molecule is CN(CC(=O)NC(C)(C)C)c1nc(-c2cc(OCCN3C[C@H]4CC3CO4)ccn2)nc2c1CCC2. The Morgan fingerprint density at radius 1 is 1.31 bits per heavy atom.